The topological polar surface area (TPSA) is 42.8 Å². The van der Waals surface area contributed by atoms with Gasteiger partial charge in [0.1, 0.15) is 35.5 Å². The van der Waals surface area contributed by atoms with E-state index in [9.17, 15) is 4.11 Å². The van der Waals surface area contributed by atoms with Crippen LogP contribution in [0.2, 0.25) is 0 Å². The molecule has 6 heteroatoms. The van der Waals surface area contributed by atoms with E-state index in [0.29, 0.717) is 62.6 Å². The number of aromatic nitrogens is 2. The lowest BCUT2D eigenvalue weighted by Crippen LogP contribution is -2.24. The lowest BCUT2D eigenvalue weighted by Gasteiger charge is -2.27. The van der Waals surface area contributed by atoms with E-state index >= 15 is 0 Å². The fourth-order valence-corrected chi connectivity index (χ4v) is 9.22. The van der Waals surface area contributed by atoms with Gasteiger partial charge in [0.2, 0.25) is 0 Å². The van der Waals surface area contributed by atoms with E-state index in [1.807, 2.05) is 99.6 Å². The minimum absolute atomic E-state index is 0.0407. The highest BCUT2D eigenvalue weighted by atomic mass is 16.5. The van der Waals surface area contributed by atoms with Crippen molar-refractivity contribution in [2.24, 2.45) is 0 Å². The van der Waals surface area contributed by atoms with Gasteiger partial charge in [0.05, 0.1) is 32.2 Å². The van der Waals surface area contributed by atoms with Gasteiger partial charge in [-0.15, -0.1) is 0 Å². The minimum Gasteiger partial charge on any atom is -0.457 e. The Morgan fingerprint density at radius 3 is 2.00 bits per heavy atom. The minimum atomic E-state index is -2.59. The second-order valence-electron chi connectivity index (χ2n) is 17.6. The first kappa shape index (κ1) is 32.6. The molecule has 4 aliphatic rings. The zero-order valence-electron chi connectivity index (χ0n) is 42.1. The third-order valence-corrected chi connectivity index (χ3v) is 12.4. The molecular formula is C59H46N4O2. The van der Waals surface area contributed by atoms with Gasteiger partial charge in [-0.3, -0.25) is 4.57 Å². The van der Waals surface area contributed by atoms with Crippen LogP contribution in [0.15, 0.2) is 194 Å². The van der Waals surface area contributed by atoms with Crippen molar-refractivity contribution in [3.8, 4) is 62.2 Å². The molecule has 12 bridgehead atoms. The van der Waals surface area contributed by atoms with Crippen molar-refractivity contribution in [1.82, 2.24) is 9.55 Å². The smallest absolute Gasteiger partial charge is 0.137 e. The first-order chi connectivity index (χ1) is 34.2. The molecule has 0 amide bonds. The summed E-state index contributed by atoms with van der Waals surface area (Å²) < 4.78 is 69.9. The van der Waals surface area contributed by atoms with Crippen molar-refractivity contribution in [2.45, 2.75) is 33.0 Å². The molecule has 14 rings (SSSR count). The molecule has 10 aromatic rings. The van der Waals surface area contributed by atoms with Crippen LogP contribution in [0, 0.1) is 6.85 Å². The van der Waals surface area contributed by atoms with Gasteiger partial charge in [-0.1, -0.05) is 118 Å². The number of pyridine rings is 1. The Morgan fingerprint density at radius 2 is 1.22 bits per heavy atom. The highest BCUT2D eigenvalue weighted by molar-refractivity contribution is 6.10. The maximum Gasteiger partial charge on any atom is 0.137 e. The second-order valence-corrected chi connectivity index (χ2v) is 17.6. The molecule has 6 nitrogen and oxygen atoms in total. The average Bonchev–Trinajstić information content (AvgIpc) is 3.92. The van der Waals surface area contributed by atoms with E-state index in [4.69, 9.17) is 18.6 Å². The van der Waals surface area contributed by atoms with Crippen molar-refractivity contribution in [3.63, 3.8) is 0 Å². The van der Waals surface area contributed by atoms with Gasteiger partial charge < -0.3 is 19.3 Å². The summed E-state index contributed by atoms with van der Waals surface area (Å²) in [7, 11) is 0. The molecular weight excluding hydrogens is 797 g/mol. The Labute approximate surface area is 387 Å². The van der Waals surface area contributed by atoms with Crippen LogP contribution in [0.3, 0.4) is 0 Å². The summed E-state index contributed by atoms with van der Waals surface area (Å²) in [5.41, 5.74) is 9.97. The van der Waals surface area contributed by atoms with Crippen LogP contribution in [0.1, 0.15) is 40.1 Å². The van der Waals surface area contributed by atoms with Crippen molar-refractivity contribution < 1.29 is 17.7 Å². The number of hydrogen-bond acceptors (Lipinski definition) is 5. The Balaban J connectivity index is 1.10. The number of nitrogens with zero attached hydrogens (tertiary/aromatic N) is 4. The number of para-hydroxylation sites is 3. The maximum absolute atomic E-state index is 9.62. The predicted molar refractivity (Wildman–Crippen MR) is 267 cm³/mol. The SMILES string of the molecule is [2H]c1c(C(C)(C)C)c([2H])c2c3ccc4cc3n(c2c1[2H])-c1cc(C([2H])([2H])[2H])c(cn1)-c1cccc(c1)Oc1ccc(cc1)-c1cccc(-c2ccccc2)c1N1CN(c2cccc(c2)O4)c2ccccc21. The largest absolute Gasteiger partial charge is 0.457 e. The monoisotopic (exact) mass is 848 g/mol. The molecule has 65 heavy (non-hydrogen) atoms. The standard InChI is InChI=1S/C59H46N4O2/c1-38-31-57-60-36-52(38)41-15-10-17-45(32-41)64-44-26-23-40(24-27-44)49-20-12-19-48(39-13-6-5-7-14-39)58(49)62-37-61(54-21-8-9-22-55(54)62)43-16-11-18-46(34-43)65-47-28-29-50-51-33-42(59(2,3)4)25-30-53(51)63(57)56(50)35-47/h5-36H,37H2,1-4H3/i1D3,25D,30D,33D. The third kappa shape index (κ3) is 6.68. The number of hydrogen-bond donors (Lipinski definition) is 0. The first-order valence-electron chi connectivity index (χ1n) is 24.8. The quantitative estimate of drug-likeness (QED) is 0.165. The molecule has 0 unspecified atom stereocenters. The van der Waals surface area contributed by atoms with Crippen LogP contribution < -0.4 is 19.3 Å². The molecule has 4 aliphatic heterocycles. The maximum atomic E-state index is 9.62. The zero-order valence-corrected chi connectivity index (χ0v) is 36.1. The molecule has 314 valence electrons. The number of anilines is 4. The normalized spacial score (nSPS) is 14.6. The predicted octanol–water partition coefficient (Wildman–Crippen LogP) is 15.9. The first-order valence-corrected chi connectivity index (χ1v) is 21.8. The molecule has 0 saturated carbocycles. The van der Waals surface area contributed by atoms with Gasteiger partial charge in [-0.25, -0.2) is 4.98 Å². The summed E-state index contributed by atoms with van der Waals surface area (Å²) in [4.78, 5) is 9.60. The summed E-state index contributed by atoms with van der Waals surface area (Å²) >= 11 is 0. The summed E-state index contributed by atoms with van der Waals surface area (Å²) in [6.07, 6.45) is 1.55. The highest BCUT2D eigenvalue weighted by Crippen LogP contribution is 2.51. The molecule has 0 saturated heterocycles. The van der Waals surface area contributed by atoms with Gasteiger partial charge in [0.25, 0.3) is 0 Å². The Morgan fingerprint density at radius 1 is 0.554 bits per heavy atom. The summed E-state index contributed by atoms with van der Waals surface area (Å²) in [5, 5.41) is 1.12. The molecule has 6 heterocycles. The molecule has 0 spiro atoms. The van der Waals surface area contributed by atoms with E-state index in [1.54, 1.807) is 10.8 Å². The number of aryl methyl sites for hydroxylation is 1. The van der Waals surface area contributed by atoms with Crippen LogP contribution in [-0.4, -0.2) is 16.2 Å². The summed E-state index contributed by atoms with van der Waals surface area (Å²) in [5.74, 6) is 2.40. The van der Waals surface area contributed by atoms with Crippen LogP contribution in [-0.2, 0) is 5.41 Å². The van der Waals surface area contributed by atoms with Crippen LogP contribution >= 0.6 is 0 Å². The summed E-state index contributed by atoms with van der Waals surface area (Å²) in [6, 6.07) is 55.8. The average molecular weight is 849 g/mol. The third-order valence-electron chi connectivity index (χ3n) is 12.4. The fraction of sp³-hybridized carbons (Fsp3) is 0.102. The van der Waals surface area contributed by atoms with Gasteiger partial charge in [-0.2, -0.15) is 0 Å². The van der Waals surface area contributed by atoms with Crippen LogP contribution in [0.5, 0.6) is 23.0 Å². The zero-order chi connectivity index (χ0) is 48.9. The van der Waals surface area contributed by atoms with Crippen molar-refractivity contribution >= 4 is 44.6 Å². The van der Waals surface area contributed by atoms with Gasteiger partial charge >= 0.3 is 0 Å². The molecule has 0 aliphatic carbocycles. The molecule has 0 fully saturated rings. The van der Waals surface area contributed by atoms with E-state index in [-0.39, 0.29) is 35.0 Å². The van der Waals surface area contributed by atoms with Crippen LogP contribution in [0.25, 0.3) is 61.0 Å². The van der Waals surface area contributed by atoms with Crippen molar-refractivity contribution in [1.29, 1.82) is 0 Å². The number of fused-ring (bicyclic) bond motifs is 5. The molecule has 0 atom stereocenters. The van der Waals surface area contributed by atoms with E-state index in [0.717, 1.165) is 45.0 Å². The van der Waals surface area contributed by atoms with E-state index in [1.165, 1.54) is 6.07 Å². The second kappa shape index (κ2) is 15.0. The number of ether oxygens (including phenoxy) is 2. The number of rotatable bonds is 1. The molecule has 0 N–H and O–H groups in total. The van der Waals surface area contributed by atoms with Crippen molar-refractivity contribution in [2.75, 3.05) is 16.5 Å². The highest BCUT2D eigenvalue weighted by Gasteiger charge is 2.31. The van der Waals surface area contributed by atoms with E-state index < -0.39 is 12.3 Å². The Bertz CT molecular complexity index is 3770. The van der Waals surface area contributed by atoms with Gasteiger partial charge in [0.15, 0.2) is 0 Å². The number of benzene rings is 8. The lowest BCUT2D eigenvalue weighted by molar-refractivity contribution is 0.483. The molecule has 8 aromatic carbocycles. The van der Waals surface area contributed by atoms with E-state index in [2.05, 4.69) is 94.7 Å². The Hall–Kier alpha value is -8.09. The van der Waals surface area contributed by atoms with Gasteiger partial charge in [-0.05, 0) is 119 Å². The lowest BCUT2D eigenvalue weighted by atomic mass is 9.86. The van der Waals surface area contributed by atoms with Crippen LogP contribution in [0.4, 0.5) is 22.7 Å². The molecule has 2 aromatic heterocycles. The summed E-state index contributed by atoms with van der Waals surface area (Å²) in [6.45, 7) is 3.74. The van der Waals surface area contributed by atoms with Crippen molar-refractivity contribution in [3.05, 3.63) is 205 Å². The Kier molecular flexibility index (Phi) is 7.53. The molecule has 0 radical (unpaired) electrons. The van der Waals surface area contributed by atoms with Gasteiger partial charge in [0, 0.05) is 55.6 Å². The fourth-order valence-electron chi connectivity index (χ4n) is 9.22.